The maximum absolute atomic E-state index is 14.4. The van der Waals surface area contributed by atoms with Crippen LogP contribution < -0.4 is 16.4 Å². The molecule has 230 valence electrons. The van der Waals surface area contributed by atoms with Gasteiger partial charge in [-0.05, 0) is 95.5 Å². The van der Waals surface area contributed by atoms with Crippen LogP contribution in [0.25, 0.3) is 0 Å². The zero-order chi connectivity index (χ0) is 31.8. The number of hydrogen-bond donors (Lipinski definition) is 3. The first-order valence-electron chi connectivity index (χ1n) is 14.5. The molecule has 0 aliphatic carbocycles. The fraction of sp³-hybridized carbons (Fsp3) is 0.515. The molecule has 4 N–H and O–H groups in total. The van der Waals surface area contributed by atoms with Crippen molar-refractivity contribution in [3.05, 3.63) is 64.7 Å². The summed E-state index contributed by atoms with van der Waals surface area (Å²) in [5, 5.41) is 5.56. The molecule has 42 heavy (non-hydrogen) atoms. The van der Waals surface area contributed by atoms with Crippen LogP contribution in [0, 0.1) is 26.7 Å². The maximum atomic E-state index is 14.4. The van der Waals surface area contributed by atoms with Crippen LogP contribution in [0.3, 0.4) is 0 Å². The van der Waals surface area contributed by atoms with E-state index in [4.69, 9.17) is 10.5 Å². The highest BCUT2D eigenvalue weighted by Crippen LogP contribution is 2.30. The quantitative estimate of drug-likeness (QED) is 0.296. The van der Waals surface area contributed by atoms with E-state index in [-0.39, 0.29) is 0 Å². The van der Waals surface area contributed by atoms with Crippen molar-refractivity contribution >= 4 is 29.5 Å². The molecular formula is C33H48N4O5. The molecule has 0 radical (unpaired) electrons. The molecule has 3 unspecified atom stereocenters. The molecule has 0 spiro atoms. The van der Waals surface area contributed by atoms with Crippen LogP contribution >= 0.6 is 0 Å². The van der Waals surface area contributed by atoms with Crippen LogP contribution in [0.2, 0.25) is 0 Å². The van der Waals surface area contributed by atoms with Crippen LogP contribution in [0.1, 0.15) is 89.1 Å². The van der Waals surface area contributed by atoms with Gasteiger partial charge in [0.25, 0.3) is 5.91 Å². The summed E-state index contributed by atoms with van der Waals surface area (Å²) in [5.41, 5.74) is 8.81. The van der Waals surface area contributed by atoms with E-state index < -0.39 is 54.0 Å². The highest BCUT2D eigenvalue weighted by atomic mass is 16.6. The van der Waals surface area contributed by atoms with Gasteiger partial charge in [-0.2, -0.15) is 0 Å². The van der Waals surface area contributed by atoms with Crippen LogP contribution in [0.4, 0.5) is 10.5 Å². The monoisotopic (exact) mass is 580 g/mol. The standard InChI is InChI=1S/C33H48N4O5/c1-20(2)14-16-24(6)37(31(40)27(19-28(34)38)36-32(41)42-33(7,8)9)29(25-17-15-21(3)23(5)18-25)30(39)35-26-13-11-10-12-22(26)4/h10-13,15,17-18,20,24,27,29H,14,16,19H2,1-9H3,(H2,34,38)(H,35,39)(H,36,41). The van der Waals surface area contributed by atoms with Gasteiger partial charge < -0.3 is 26.0 Å². The largest absolute Gasteiger partial charge is 0.444 e. The van der Waals surface area contributed by atoms with Crippen LogP contribution in [0.15, 0.2) is 42.5 Å². The Morgan fingerprint density at radius 2 is 1.55 bits per heavy atom. The molecular weight excluding hydrogens is 532 g/mol. The highest BCUT2D eigenvalue weighted by molar-refractivity contribution is 6.00. The summed E-state index contributed by atoms with van der Waals surface area (Å²) in [4.78, 5) is 55.0. The van der Waals surface area contributed by atoms with E-state index in [1.165, 1.54) is 4.90 Å². The number of aryl methyl sites for hydroxylation is 3. The zero-order valence-corrected chi connectivity index (χ0v) is 26.5. The maximum Gasteiger partial charge on any atom is 0.408 e. The minimum Gasteiger partial charge on any atom is -0.444 e. The molecule has 0 aromatic heterocycles. The fourth-order valence-electron chi connectivity index (χ4n) is 4.63. The number of alkyl carbamates (subject to hydrolysis) is 1. The van der Waals surface area contributed by atoms with E-state index in [1.807, 2.05) is 64.1 Å². The minimum atomic E-state index is -1.33. The number of hydrogen-bond acceptors (Lipinski definition) is 5. The molecule has 2 aromatic rings. The Balaban J connectivity index is 2.68. The first-order valence-corrected chi connectivity index (χ1v) is 14.5. The normalized spacial score (nSPS) is 13.6. The van der Waals surface area contributed by atoms with Crippen molar-refractivity contribution in [3.8, 4) is 0 Å². The molecule has 0 aliphatic heterocycles. The lowest BCUT2D eigenvalue weighted by atomic mass is 9.94. The van der Waals surface area contributed by atoms with Gasteiger partial charge in [-0.25, -0.2) is 4.79 Å². The molecule has 0 fully saturated rings. The summed E-state index contributed by atoms with van der Waals surface area (Å²) >= 11 is 0. The Kier molecular flexibility index (Phi) is 12.1. The zero-order valence-electron chi connectivity index (χ0n) is 26.5. The summed E-state index contributed by atoms with van der Waals surface area (Å²) < 4.78 is 5.38. The Labute approximate surface area is 250 Å². The highest BCUT2D eigenvalue weighted by Gasteiger charge is 2.39. The second-order valence-electron chi connectivity index (χ2n) is 12.5. The summed E-state index contributed by atoms with van der Waals surface area (Å²) in [7, 11) is 0. The van der Waals surface area contributed by atoms with Crippen LogP contribution in [-0.2, 0) is 19.1 Å². The van der Waals surface area contributed by atoms with Crippen LogP contribution in [-0.4, -0.2) is 46.4 Å². The molecule has 0 heterocycles. The van der Waals surface area contributed by atoms with E-state index >= 15 is 0 Å². The fourth-order valence-corrected chi connectivity index (χ4v) is 4.63. The van der Waals surface area contributed by atoms with Gasteiger partial charge in [0.2, 0.25) is 11.8 Å². The number of nitrogens with two attached hydrogens (primary N) is 1. The number of carbonyl (C=O) groups is 4. The molecule has 4 amide bonds. The second-order valence-corrected chi connectivity index (χ2v) is 12.5. The third-order valence-electron chi connectivity index (χ3n) is 7.06. The predicted molar refractivity (Wildman–Crippen MR) is 166 cm³/mol. The lowest BCUT2D eigenvalue weighted by Crippen LogP contribution is -2.55. The Bertz CT molecular complexity index is 1270. The molecule has 0 bridgehead atoms. The number of ether oxygens (including phenoxy) is 1. The lowest BCUT2D eigenvalue weighted by Gasteiger charge is -2.39. The Morgan fingerprint density at radius 1 is 0.905 bits per heavy atom. The third kappa shape index (κ3) is 10.2. The Hall–Kier alpha value is -3.88. The number of rotatable bonds is 12. The third-order valence-corrected chi connectivity index (χ3v) is 7.06. The van der Waals surface area contributed by atoms with Gasteiger partial charge in [-0.15, -0.1) is 0 Å². The van der Waals surface area contributed by atoms with E-state index in [0.29, 0.717) is 23.6 Å². The molecule has 0 aliphatic rings. The van der Waals surface area contributed by atoms with E-state index in [2.05, 4.69) is 24.5 Å². The molecule has 0 saturated heterocycles. The smallest absolute Gasteiger partial charge is 0.408 e. The van der Waals surface area contributed by atoms with Gasteiger partial charge in [-0.3, -0.25) is 14.4 Å². The van der Waals surface area contributed by atoms with Gasteiger partial charge >= 0.3 is 6.09 Å². The van der Waals surface area contributed by atoms with Crippen molar-refractivity contribution in [3.63, 3.8) is 0 Å². The average molecular weight is 581 g/mol. The number of anilines is 1. The van der Waals surface area contributed by atoms with Gasteiger partial charge in [0, 0.05) is 11.7 Å². The topological polar surface area (TPSA) is 131 Å². The SMILES string of the molecule is Cc1ccc(C(C(=O)Nc2ccccc2C)N(C(=O)C(CC(N)=O)NC(=O)OC(C)(C)C)C(C)CCC(C)C)cc1C. The van der Waals surface area contributed by atoms with Crippen molar-refractivity contribution in [2.75, 3.05) is 5.32 Å². The van der Waals surface area contributed by atoms with Crippen LogP contribution in [0.5, 0.6) is 0 Å². The number of nitrogens with zero attached hydrogens (tertiary/aromatic N) is 1. The average Bonchev–Trinajstić information content (AvgIpc) is 2.86. The number of amides is 4. The molecule has 3 atom stereocenters. The van der Waals surface area contributed by atoms with Gasteiger partial charge in [0.1, 0.15) is 17.7 Å². The number of benzene rings is 2. The van der Waals surface area contributed by atoms with Crippen molar-refractivity contribution in [1.82, 2.24) is 10.2 Å². The van der Waals surface area contributed by atoms with Gasteiger partial charge in [-0.1, -0.05) is 50.2 Å². The Morgan fingerprint density at radius 3 is 2.10 bits per heavy atom. The molecule has 2 aromatic carbocycles. The first-order chi connectivity index (χ1) is 19.5. The lowest BCUT2D eigenvalue weighted by molar-refractivity contribution is -0.144. The van der Waals surface area contributed by atoms with E-state index in [1.54, 1.807) is 26.8 Å². The van der Waals surface area contributed by atoms with Crippen molar-refractivity contribution in [1.29, 1.82) is 0 Å². The predicted octanol–water partition coefficient (Wildman–Crippen LogP) is 5.71. The van der Waals surface area contributed by atoms with Crippen molar-refractivity contribution < 1.29 is 23.9 Å². The second kappa shape index (κ2) is 14.8. The minimum absolute atomic E-state index is 0.353. The number of nitrogens with one attached hydrogen (secondary N) is 2. The van der Waals surface area contributed by atoms with E-state index in [0.717, 1.165) is 23.1 Å². The summed E-state index contributed by atoms with van der Waals surface area (Å²) in [6.45, 7) is 17.0. The molecule has 0 saturated carbocycles. The molecule has 9 nitrogen and oxygen atoms in total. The summed E-state index contributed by atoms with van der Waals surface area (Å²) in [5.74, 6) is -1.43. The number of primary amides is 1. The van der Waals surface area contributed by atoms with Gasteiger partial charge in [0.05, 0.1) is 6.42 Å². The molecule has 9 heteroatoms. The van der Waals surface area contributed by atoms with Crippen molar-refractivity contribution in [2.45, 2.75) is 105 Å². The van der Waals surface area contributed by atoms with Crippen molar-refractivity contribution in [2.24, 2.45) is 11.7 Å². The van der Waals surface area contributed by atoms with E-state index in [9.17, 15) is 19.2 Å². The summed E-state index contributed by atoms with van der Waals surface area (Å²) in [6.07, 6.45) is 0.0797. The molecule has 2 rings (SSSR count). The summed E-state index contributed by atoms with van der Waals surface area (Å²) in [6, 6.07) is 10.2. The first kappa shape index (κ1) is 34.3. The number of para-hydroxylation sites is 1. The number of carbonyl (C=O) groups excluding carboxylic acids is 4. The van der Waals surface area contributed by atoms with Gasteiger partial charge in [0.15, 0.2) is 0 Å².